The molecule has 0 bridgehead atoms. The lowest BCUT2D eigenvalue weighted by Crippen LogP contribution is -2.36. The van der Waals surface area contributed by atoms with Gasteiger partial charge in [-0.15, -0.1) is 0 Å². The third kappa shape index (κ3) is 4.19. The second-order valence-electron chi connectivity index (χ2n) is 2.95. The summed E-state index contributed by atoms with van der Waals surface area (Å²) in [6, 6.07) is 0. The Kier molecular flexibility index (Phi) is 5.20. The molecule has 0 aliphatic heterocycles. The van der Waals surface area contributed by atoms with Crippen molar-refractivity contribution in [3.8, 4) is 0 Å². The summed E-state index contributed by atoms with van der Waals surface area (Å²) in [7, 11) is 5.99. The molecule has 0 unspecified atom stereocenters. The van der Waals surface area contributed by atoms with Crippen molar-refractivity contribution < 1.29 is 0 Å². The minimum Gasteiger partial charge on any atom is -0.355 e. The summed E-state index contributed by atoms with van der Waals surface area (Å²) in [6.45, 7) is 3.25. The Bertz CT molecular complexity index is 123. The van der Waals surface area contributed by atoms with Gasteiger partial charge in [-0.1, -0.05) is 13.3 Å². The van der Waals surface area contributed by atoms with Gasteiger partial charge in [-0.2, -0.15) is 0 Å². The molecule has 0 saturated heterocycles. The molecule has 2 nitrogen and oxygen atoms in total. The zero-order valence-corrected chi connectivity index (χ0v) is 8.74. The number of rotatable bonds is 3. The summed E-state index contributed by atoms with van der Waals surface area (Å²) in [4.78, 5) is 4.07. The Balaban J connectivity index is 3.64. The lowest BCUT2D eigenvalue weighted by Gasteiger charge is -2.24. The van der Waals surface area contributed by atoms with Gasteiger partial charge in [-0.25, -0.2) is 0 Å². The van der Waals surface area contributed by atoms with E-state index >= 15 is 0 Å². The van der Waals surface area contributed by atoms with Gasteiger partial charge in [0.25, 0.3) is 0 Å². The fraction of sp³-hybridized carbons (Fsp3) is 0.875. The van der Waals surface area contributed by atoms with Gasteiger partial charge in [-0.05, 0) is 18.6 Å². The first-order valence-corrected chi connectivity index (χ1v) is 4.42. The van der Waals surface area contributed by atoms with Gasteiger partial charge in [-0.3, -0.25) is 0 Å². The smallest absolute Gasteiger partial charge is 0.170 e. The predicted octanol–water partition coefficient (Wildman–Crippen LogP) is 1.56. The first-order valence-electron chi connectivity index (χ1n) is 4.02. The Morgan fingerprint density at radius 2 is 1.82 bits per heavy atom. The maximum Gasteiger partial charge on any atom is 0.170 e. The van der Waals surface area contributed by atoms with E-state index in [1.807, 2.05) is 26.0 Å². The molecule has 0 aromatic carbocycles. The molecule has 0 aliphatic rings. The van der Waals surface area contributed by atoms with Crippen LogP contribution in [0, 0.1) is 0 Å². The highest BCUT2D eigenvalue weighted by Crippen LogP contribution is 1.95. The van der Waals surface area contributed by atoms with E-state index < -0.39 is 0 Å². The minimum atomic E-state index is 0.915. The highest BCUT2D eigenvalue weighted by molar-refractivity contribution is 7.80. The molecule has 0 saturated carbocycles. The first kappa shape index (κ1) is 10.7. The lowest BCUT2D eigenvalue weighted by molar-refractivity contribution is 0.428. The Morgan fingerprint density at radius 3 is 2.18 bits per heavy atom. The molecule has 0 fully saturated rings. The molecule has 0 aromatic heterocycles. The van der Waals surface area contributed by atoms with Crippen LogP contribution in [0.15, 0.2) is 0 Å². The summed E-state index contributed by atoms with van der Waals surface area (Å²) >= 11 is 5.17. The van der Waals surface area contributed by atoms with Gasteiger partial charge < -0.3 is 9.80 Å². The van der Waals surface area contributed by atoms with E-state index in [0.29, 0.717) is 0 Å². The van der Waals surface area contributed by atoms with E-state index in [-0.39, 0.29) is 0 Å². The largest absolute Gasteiger partial charge is 0.355 e. The van der Waals surface area contributed by atoms with E-state index in [9.17, 15) is 0 Å². The van der Waals surface area contributed by atoms with Crippen LogP contribution >= 0.6 is 12.2 Å². The molecular formula is C8H18N2S. The minimum absolute atomic E-state index is 0.915. The third-order valence-electron chi connectivity index (χ3n) is 1.56. The van der Waals surface area contributed by atoms with Crippen molar-refractivity contribution in [3.05, 3.63) is 0 Å². The summed E-state index contributed by atoms with van der Waals surface area (Å²) in [5.74, 6) is 0. The highest BCUT2D eigenvalue weighted by atomic mass is 32.1. The van der Waals surface area contributed by atoms with Crippen LogP contribution in [-0.2, 0) is 0 Å². The molecule has 0 amide bonds. The molecule has 3 heteroatoms. The van der Waals surface area contributed by atoms with Crippen molar-refractivity contribution in [2.45, 2.75) is 19.8 Å². The van der Waals surface area contributed by atoms with Crippen molar-refractivity contribution in [1.82, 2.24) is 9.80 Å². The van der Waals surface area contributed by atoms with Gasteiger partial charge in [0.15, 0.2) is 5.11 Å². The molecule has 0 atom stereocenters. The van der Waals surface area contributed by atoms with Gasteiger partial charge >= 0.3 is 0 Å². The van der Waals surface area contributed by atoms with E-state index in [2.05, 4.69) is 11.8 Å². The molecule has 0 aliphatic carbocycles. The molecule has 0 radical (unpaired) electrons. The van der Waals surface area contributed by atoms with Crippen LogP contribution in [0.25, 0.3) is 0 Å². The summed E-state index contributed by atoms with van der Waals surface area (Å²) in [6.07, 6.45) is 2.44. The second-order valence-corrected chi connectivity index (χ2v) is 3.32. The molecule has 0 heterocycles. The molecule has 0 rings (SSSR count). The van der Waals surface area contributed by atoms with Crippen molar-refractivity contribution in [1.29, 1.82) is 0 Å². The van der Waals surface area contributed by atoms with Gasteiger partial charge in [0.1, 0.15) is 0 Å². The van der Waals surface area contributed by atoms with Crippen LogP contribution in [0.4, 0.5) is 0 Å². The first-order chi connectivity index (χ1) is 5.09. The average Bonchev–Trinajstić information content (AvgIpc) is 1.98. The van der Waals surface area contributed by atoms with E-state index in [0.717, 1.165) is 11.7 Å². The van der Waals surface area contributed by atoms with Crippen LogP contribution in [0.2, 0.25) is 0 Å². The van der Waals surface area contributed by atoms with Crippen molar-refractivity contribution >= 4 is 17.3 Å². The summed E-state index contributed by atoms with van der Waals surface area (Å²) in [5.41, 5.74) is 0. The lowest BCUT2D eigenvalue weighted by atomic mass is 10.3. The molecular weight excluding hydrogens is 156 g/mol. The molecule has 0 spiro atoms. The summed E-state index contributed by atoms with van der Waals surface area (Å²) in [5, 5.41) is 0.915. The van der Waals surface area contributed by atoms with Crippen LogP contribution in [-0.4, -0.2) is 42.6 Å². The van der Waals surface area contributed by atoms with Crippen LogP contribution < -0.4 is 0 Å². The normalized spacial score (nSPS) is 9.45. The molecule has 0 N–H and O–H groups in total. The maximum atomic E-state index is 5.17. The number of hydrogen-bond donors (Lipinski definition) is 0. The quantitative estimate of drug-likeness (QED) is 0.600. The van der Waals surface area contributed by atoms with Crippen molar-refractivity contribution in [2.24, 2.45) is 0 Å². The van der Waals surface area contributed by atoms with Crippen LogP contribution in [0.5, 0.6) is 0 Å². The number of nitrogens with zero attached hydrogens (tertiary/aromatic N) is 2. The fourth-order valence-corrected chi connectivity index (χ4v) is 0.924. The van der Waals surface area contributed by atoms with Gasteiger partial charge in [0.2, 0.25) is 0 Å². The van der Waals surface area contributed by atoms with E-state index in [1.54, 1.807) is 0 Å². The monoisotopic (exact) mass is 174 g/mol. The van der Waals surface area contributed by atoms with Crippen LogP contribution in [0.3, 0.4) is 0 Å². The molecule has 11 heavy (non-hydrogen) atoms. The van der Waals surface area contributed by atoms with Crippen molar-refractivity contribution in [2.75, 3.05) is 27.7 Å². The maximum absolute atomic E-state index is 5.17. The number of hydrogen-bond acceptors (Lipinski definition) is 1. The predicted molar refractivity (Wildman–Crippen MR) is 53.8 cm³/mol. The average molecular weight is 174 g/mol. The van der Waals surface area contributed by atoms with Gasteiger partial charge in [0.05, 0.1) is 0 Å². The van der Waals surface area contributed by atoms with E-state index in [1.165, 1.54) is 12.8 Å². The Morgan fingerprint density at radius 1 is 1.27 bits per heavy atom. The topological polar surface area (TPSA) is 6.48 Å². The van der Waals surface area contributed by atoms with E-state index in [4.69, 9.17) is 12.2 Å². The highest BCUT2D eigenvalue weighted by Gasteiger charge is 2.03. The number of thiocarbonyl (C=S) groups is 1. The van der Waals surface area contributed by atoms with Crippen LogP contribution in [0.1, 0.15) is 19.8 Å². The third-order valence-corrected chi connectivity index (χ3v) is 2.23. The van der Waals surface area contributed by atoms with Gasteiger partial charge in [0, 0.05) is 27.7 Å². The second kappa shape index (κ2) is 5.35. The Hall–Kier alpha value is -0.310. The molecule has 66 valence electrons. The zero-order chi connectivity index (χ0) is 8.85. The fourth-order valence-electron chi connectivity index (χ4n) is 0.832. The SMILES string of the molecule is CCCCN(C)C(=S)N(C)C. The Labute approximate surface area is 75.2 Å². The van der Waals surface area contributed by atoms with Crippen molar-refractivity contribution in [3.63, 3.8) is 0 Å². The number of unbranched alkanes of at least 4 members (excludes halogenated alkanes) is 1. The summed E-state index contributed by atoms with van der Waals surface area (Å²) < 4.78 is 0. The zero-order valence-electron chi connectivity index (χ0n) is 7.92. The standard InChI is InChI=1S/C8H18N2S/c1-5-6-7-10(4)8(11)9(2)3/h5-7H2,1-4H3. The molecule has 0 aromatic rings.